The van der Waals surface area contributed by atoms with Gasteiger partial charge in [-0.2, -0.15) is 0 Å². The summed E-state index contributed by atoms with van der Waals surface area (Å²) in [6.07, 6.45) is 0.843. The Morgan fingerprint density at radius 3 is 2.63 bits per heavy atom. The summed E-state index contributed by atoms with van der Waals surface area (Å²) < 4.78 is 38.6. The Hall–Kier alpha value is -1.41. The number of non-ortho nitro benzene ring substituents is 1. The van der Waals surface area contributed by atoms with Crippen LogP contribution in [-0.2, 0) is 10.0 Å². The highest BCUT2D eigenvalue weighted by molar-refractivity contribution is 7.92. The molecule has 0 saturated carbocycles. The van der Waals surface area contributed by atoms with Crippen LogP contribution >= 0.6 is 11.6 Å². The Morgan fingerprint density at radius 1 is 1.37 bits per heavy atom. The molecule has 1 aromatic carbocycles. The quantitative estimate of drug-likeness (QED) is 0.362. The number of halogens is 2. The number of alkyl halides is 1. The lowest BCUT2D eigenvalue weighted by atomic mass is 10.3. The maximum absolute atomic E-state index is 13.4. The van der Waals surface area contributed by atoms with Crippen LogP contribution in [0.25, 0.3) is 0 Å². The molecule has 1 aromatic rings. The summed E-state index contributed by atoms with van der Waals surface area (Å²) in [6, 6.07) is 2.64. The van der Waals surface area contributed by atoms with Crippen LogP contribution in [0.3, 0.4) is 0 Å². The van der Waals surface area contributed by atoms with E-state index in [1.165, 1.54) is 0 Å². The molecule has 0 aliphatic carbocycles. The molecular formula is C10H12ClFN2O4S. The minimum Gasteiger partial charge on any atom is -0.280 e. The van der Waals surface area contributed by atoms with Gasteiger partial charge in [0.2, 0.25) is 10.0 Å². The number of unbranched alkanes of at least 4 members (excludes halogenated alkanes) is 1. The van der Waals surface area contributed by atoms with Gasteiger partial charge in [-0.05, 0) is 18.9 Å². The minimum absolute atomic E-state index is 0.220. The average Bonchev–Trinajstić information content (AvgIpc) is 2.31. The number of nitro groups is 1. The third kappa shape index (κ3) is 4.99. The predicted octanol–water partition coefficient (Wildman–Crippen LogP) is 2.49. The Balaban J connectivity index is 2.86. The van der Waals surface area contributed by atoms with E-state index in [-0.39, 0.29) is 11.4 Å². The van der Waals surface area contributed by atoms with Gasteiger partial charge in [0.25, 0.3) is 5.69 Å². The monoisotopic (exact) mass is 310 g/mol. The Bertz CT molecular complexity index is 565. The van der Waals surface area contributed by atoms with E-state index in [1.807, 2.05) is 4.72 Å². The van der Waals surface area contributed by atoms with E-state index in [1.54, 1.807) is 0 Å². The number of nitro benzene ring substituents is 1. The van der Waals surface area contributed by atoms with Crippen molar-refractivity contribution in [2.75, 3.05) is 16.4 Å². The second-order valence-corrected chi connectivity index (χ2v) is 5.96. The molecule has 0 saturated heterocycles. The normalized spacial score (nSPS) is 11.3. The number of rotatable bonds is 7. The fourth-order valence-corrected chi connectivity index (χ4v) is 2.68. The van der Waals surface area contributed by atoms with E-state index in [0.29, 0.717) is 18.7 Å². The van der Waals surface area contributed by atoms with Crippen molar-refractivity contribution in [3.8, 4) is 0 Å². The molecule has 0 fully saturated rings. The van der Waals surface area contributed by atoms with Crippen LogP contribution in [0, 0.1) is 15.9 Å². The second kappa shape index (κ2) is 6.67. The van der Waals surface area contributed by atoms with Crippen LogP contribution < -0.4 is 4.72 Å². The van der Waals surface area contributed by atoms with Gasteiger partial charge in [-0.1, -0.05) is 0 Å². The van der Waals surface area contributed by atoms with E-state index >= 15 is 0 Å². The smallest absolute Gasteiger partial charge is 0.271 e. The van der Waals surface area contributed by atoms with Gasteiger partial charge in [0, 0.05) is 18.0 Å². The zero-order valence-corrected chi connectivity index (χ0v) is 11.4. The summed E-state index contributed by atoms with van der Waals surface area (Å²) in [4.78, 5) is 9.80. The second-order valence-electron chi connectivity index (χ2n) is 3.74. The number of hydrogen-bond acceptors (Lipinski definition) is 4. The zero-order valence-electron chi connectivity index (χ0n) is 9.80. The molecule has 0 aliphatic heterocycles. The molecule has 9 heteroatoms. The van der Waals surface area contributed by atoms with Crippen molar-refractivity contribution >= 4 is 33.0 Å². The summed E-state index contributed by atoms with van der Waals surface area (Å²) in [5.41, 5.74) is -0.820. The third-order valence-electron chi connectivity index (χ3n) is 2.22. The Kier molecular flexibility index (Phi) is 5.49. The fourth-order valence-electron chi connectivity index (χ4n) is 1.31. The molecule has 0 spiro atoms. The lowest BCUT2D eigenvalue weighted by Gasteiger charge is -2.08. The van der Waals surface area contributed by atoms with Crippen molar-refractivity contribution in [2.24, 2.45) is 0 Å². The number of sulfonamides is 1. The molecule has 106 valence electrons. The van der Waals surface area contributed by atoms with Crippen molar-refractivity contribution in [1.29, 1.82) is 0 Å². The van der Waals surface area contributed by atoms with Crippen LogP contribution in [0.15, 0.2) is 18.2 Å². The molecule has 0 heterocycles. The third-order valence-corrected chi connectivity index (χ3v) is 3.85. The van der Waals surface area contributed by atoms with Gasteiger partial charge in [0.1, 0.15) is 5.82 Å². The van der Waals surface area contributed by atoms with Crippen LogP contribution in [0.4, 0.5) is 15.8 Å². The van der Waals surface area contributed by atoms with Gasteiger partial charge >= 0.3 is 0 Å². The van der Waals surface area contributed by atoms with Crippen LogP contribution in [0.2, 0.25) is 0 Å². The maximum atomic E-state index is 13.4. The largest absolute Gasteiger partial charge is 0.280 e. The average molecular weight is 311 g/mol. The van der Waals surface area contributed by atoms with E-state index in [9.17, 15) is 22.9 Å². The summed E-state index contributed by atoms with van der Waals surface area (Å²) >= 11 is 5.42. The number of hydrogen-bond donors (Lipinski definition) is 1. The molecule has 1 N–H and O–H groups in total. The van der Waals surface area contributed by atoms with Crippen molar-refractivity contribution in [1.82, 2.24) is 0 Å². The highest BCUT2D eigenvalue weighted by atomic mass is 35.5. The minimum atomic E-state index is -3.74. The first-order valence-electron chi connectivity index (χ1n) is 5.36. The van der Waals surface area contributed by atoms with Gasteiger partial charge in [-0.25, -0.2) is 12.8 Å². The molecule has 0 aromatic heterocycles. The van der Waals surface area contributed by atoms with E-state index in [4.69, 9.17) is 11.6 Å². The fraction of sp³-hybridized carbons (Fsp3) is 0.400. The summed E-state index contributed by atoms with van der Waals surface area (Å²) in [7, 11) is -3.74. The van der Waals surface area contributed by atoms with Crippen molar-refractivity contribution < 1.29 is 17.7 Å². The summed E-state index contributed by atoms with van der Waals surface area (Å²) in [5, 5.41) is 10.5. The molecule has 19 heavy (non-hydrogen) atoms. The van der Waals surface area contributed by atoms with Crippen molar-refractivity contribution in [3.63, 3.8) is 0 Å². The van der Waals surface area contributed by atoms with Crippen molar-refractivity contribution in [2.45, 2.75) is 12.8 Å². The highest BCUT2D eigenvalue weighted by Gasteiger charge is 2.16. The van der Waals surface area contributed by atoms with Crippen molar-refractivity contribution in [3.05, 3.63) is 34.1 Å². The van der Waals surface area contributed by atoms with Gasteiger partial charge in [-0.15, -0.1) is 11.6 Å². The summed E-state index contributed by atoms with van der Waals surface area (Å²) in [5.74, 6) is -0.755. The molecule has 0 unspecified atom stereocenters. The van der Waals surface area contributed by atoms with Gasteiger partial charge < -0.3 is 0 Å². The number of benzene rings is 1. The van der Waals surface area contributed by atoms with Gasteiger partial charge in [-0.3, -0.25) is 14.8 Å². The first-order chi connectivity index (χ1) is 8.85. The van der Waals surface area contributed by atoms with Gasteiger partial charge in [0.15, 0.2) is 0 Å². The lowest BCUT2D eigenvalue weighted by molar-refractivity contribution is -0.384. The zero-order chi connectivity index (χ0) is 14.5. The van der Waals surface area contributed by atoms with E-state index in [2.05, 4.69) is 0 Å². The number of nitrogens with zero attached hydrogens (tertiary/aromatic N) is 1. The number of nitrogens with one attached hydrogen (secondary N) is 1. The molecule has 1 rings (SSSR count). The van der Waals surface area contributed by atoms with Crippen LogP contribution in [0.5, 0.6) is 0 Å². The van der Waals surface area contributed by atoms with E-state index < -0.39 is 26.5 Å². The first kappa shape index (κ1) is 15.6. The first-order valence-corrected chi connectivity index (χ1v) is 7.55. The molecule has 0 amide bonds. The molecular weight excluding hydrogens is 299 g/mol. The Labute approximate surface area is 114 Å². The molecule has 6 nitrogen and oxygen atoms in total. The molecule has 0 bridgehead atoms. The standard InChI is InChI=1S/C10H12ClFN2O4S/c11-5-1-2-6-19(17,18)13-10-7-8(14(15)16)3-4-9(10)12/h3-4,7,13H,1-2,5-6H2. The van der Waals surface area contributed by atoms with Gasteiger partial charge in [0.05, 0.1) is 16.4 Å². The summed E-state index contributed by atoms with van der Waals surface area (Å²) in [6.45, 7) is 0. The van der Waals surface area contributed by atoms with Crippen LogP contribution in [0.1, 0.15) is 12.8 Å². The number of anilines is 1. The molecule has 0 atom stereocenters. The topological polar surface area (TPSA) is 89.3 Å². The molecule has 0 radical (unpaired) electrons. The van der Waals surface area contributed by atoms with Crippen LogP contribution in [-0.4, -0.2) is 25.0 Å². The lowest BCUT2D eigenvalue weighted by Crippen LogP contribution is -2.17. The highest BCUT2D eigenvalue weighted by Crippen LogP contribution is 2.22. The Morgan fingerprint density at radius 2 is 2.05 bits per heavy atom. The predicted molar refractivity (Wildman–Crippen MR) is 70.4 cm³/mol. The maximum Gasteiger partial charge on any atom is 0.271 e. The molecule has 0 aliphatic rings. The van der Waals surface area contributed by atoms with E-state index in [0.717, 1.165) is 18.2 Å². The SMILES string of the molecule is O=[N+]([O-])c1ccc(F)c(NS(=O)(=O)CCCCCl)c1.